The Balaban J connectivity index is 1.32. The standard InChI is InChI=1S/C40H53N3O2S/c1-6-9-12-31(11-7-2)32-18-15-30(16-19-32)17-20-35-13-10-14-38-34(27-41-35)25-37(40(45)43(38)8-3)36-26-39(46-28(36)4)33-21-23-42(24-22-33)29(5)44/h13,15-16,18-19,25-27,31,33H,6-12,14,17,20-24H2,1-5H3/b35-13-,41-27?. The highest BCUT2D eigenvalue weighted by Crippen LogP contribution is 2.38. The molecule has 0 bridgehead atoms. The SMILES string of the molecule is CCCCC(CCC)c1ccc(CC/C2=C/CCc3c(cc(-c4cc(C5CCN(C(C)=O)CC5)sc4C)c(=O)n3CC)C=N2)cc1. The van der Waals surface area contributed by atoms with Crippen LogP contribution in [-0.4, -0.2) is 34.7 Å². The van der Waals surface area contributed by atoms with Gasteiger partial charge in [0.2, 0.25) is 5.91 Å². The molecule has 5 rings (SSSR count). The number of hydrogen-bond acceptors (Lipinski definition) is 4. The van der Waals surface area contributed by atoms with Crippen LogP contribution in [0.1, 0.15) is 129 Å². The van der Waals surface area contributed by atoms with Crippen LogP contribution in [0.15, 0.2) is 58.0 Å². The first-order chi connectivity index (χ1) is 22.3. The highest BCUT2D eigenvalue weighted by atomic mass is 32.1. The van der Waals surface area contributed by atoms with Crippen molar-refractivity contribution < 1.29 is 4.79 Å². The van der Waals surface area contributed by atoms with Crippen LogP contribution >= 0.6 is 11.3 Å². The van der Waals surface area contributed by atoms with E-state index in [9.17, 15) is 9.59 Å². The van der Waals surface area contributed by atoms with Crippen LogP contribution in [0, 0.1) is 6.92 Å². The maximum absolute atomic E-state index is 13.9. The van der Waals surface area contributed by atoms with Gasteiger partial charge in [0.1, 0.15) is 0 Å². The normalized spacial score (nSPS) is 17.2. The molecule has 1 fully saturated rings. The van der Waals surface area contributed by atoms with Crippen LogP contribution in [-0.2, 0) is 24.2 Å². The molecule has 246 valence electrons. The Morgan fingerprint density at radius 1 is 1.00 bits per heavy atom. The fourth-order valence-electron chi connectivity index (χ4n) is 7.35. The zero-order valence-electron chi connectivity index (χ0n) is 28.7. The molecular formula is C40H53N3O2S. The quantitative estimate of drug-likeness (QED) is 0.198. The predicted molar refractivity (Wildman–Crippen MR) is 195 cm³/mol. The number of rotatable bonds is 12. The summed E-state index contributed by atoms with van der Waals surface area (Å²) >= 11 is 1.81. The maximum Gasteiger partial charge on any atom is 0.258 e. The first kappa shape index (κ1) is 34.1. The number of pyridine rings is 1. The summed E-state index contributed by atoms with van der Waals surface area (Å²) in [6.07, 6.45) is 16.2. The summed E-state index contributed by atoms with van der Waals surface area (Å²) in [5, 5.41) is 0. The summed E-state index contributed by atoms with van der Waals surface area (Å²) in [6, 6.07) is 13.7. The molecule has 1 atom stereocenters. The van der Waals surface area contributed by atoms with E-state index in [0.717, 1.165) is 79.7 Å². The number of piperidine rings is 1. The number of allylic oxidation sites excluding steroid dienone is 2. The lowest BCUT2D eigenvalue weighted by atomic mass is 9.89. The minimum atomic E-state index is 0.0950. The molecule has 1 aromatic carbocycles. The minimum absolute atomic E-state index is 0.0950. The van der Waals surface area contributed by atoms with Crippen molar-refractivity contribution in [1.29, 1.82) is 0 Å². The van der Waals surface area contributed by atoms with Crippen LogP contribution in [0.5, 0.6) is 0 Å². The lowest BCUT2D eigenvalue weighted by molar-refractivity contribution is -0.129. The first-order valence-corrected chi connectivity index (χ1v) is 18.6. The Labute approximate surface area is 280 Å². The molecular weight excluding hydrogens is 587 g/mol. The smallest absolute Gasteiger partial charge is 0.258 e. The highest BCUT2D eigenvalue weighted by molar-refractivity contribution is 7.12. The van der Waals surface area contributed by atoms with E-state index in [0.29, 0.717) is 18.4 Å². The number of aromatic nitrogens is 1. The zero-order chi connectivity index (χ0) is 32.6. The number of nitrogens with zero attached hydrogens (tertiary/aromatic N) is 3. The molecule has 0 spiro atoms. The number of carbonyl (C=O) groups is 1. The van der Waals surface area contributed by atoms with Gasteiger partial charge in [0.15, 0.2) is 0 Å². The van der Waals surface area contributed by atoms with Crippen molar-refractivity contribution in [3.05, 3.63) is 90.7 Å². The molecule has 2 aliphatic heterocycles. The molecule has 0 radical (unpaired) electrons. The molecule has 1 saturated heterocycles. The van der Waals surface area contributed by atoms with Gasteiger partial charge < -0.3 is 9.47 Å². The van der Waals surface area contributed by atoms with Crippen molar-refractivity contribution >= 4 is 23.5 Å². The number of hydrogen-bond donors (Lipinski definition) is 0. The van der Waals surface area contributed by atoms with Gasteiger partial charge in [-0.15, -0.1) is 11.3 Å². The molecule has 3 aromatic rings. The van der Waals surface area contributed by atoms with Gasteiger partial charge >= 0.3 is 0 Å². The summed E-state index contributed by atoms with van der Waals surface area (Å²) in [6.45, 7) is 12.7. The molecule has 1 amide bonds. The number of amides is 1. The van der Waals surface area contributed by atoms with Crippen LogP contribution < -0.4 is 5.56 Å². The monoisotopic (exact) mass is 639 g/mol. The lowest BCUT2D eigenvalue weighted by Crippen LogP contribution is -2.36. The second-order valence-corrected chi connectivity index (χ2v) is 14.6. The van der Waals surface area contributed by atoms with Crippen molar-refractivity contribution in [3.63, 3.8) is 0 Å². The number of likely N-dealkylation sites (tertiary alicyclic amines) is 1. The Kier molecular flexibility index (Phi) is 11.9. The van der Waals surface area contributed by atoms with E-state index >= 15 is 0 Å². The van der Waals surface area contributed by atoms with Crippen molar-refractivity contribution in [1.82, 2.24) is 9.47 Å². The average molecular weight is 640 g/mol. The fourth-order valence-corrected chi connectivity index (χ4v) is 8.56. The van der Waals surface area contributed by atoms with Crippen molar-refractivity contribution in [2.75, 3.05) is 13.1 Å². The van der Waals surface area contributed by atoms with Crippen LogP contribution in [0.3, 0.4) is 0 Å². The van der Waals surface area contributed by atoms with Crippen molar-refractivity contribution in [3.8, 4) is 11.1 Å². The highest BCUT2D eigenvalue weighted by Gasteiger charge is 2.25. The molecule has 0 N–H and O–H groups in total. The number of aliphatic imine (C=N–C) groups is 1. The van der Waals surface area contributed by atoms with E-state index in [1.165, 1.54) is 53.0 Å². The molecule has 5 nitrogen and oxygen atoms in total. The van der Waals surface area contributed by atoms with Gasteiger partial charge in [-0.2, -0.15) is 0 Å². The summed E-state index contributed by atoms with van der Waals surface area (Å²) in [5.74, 6) is 1.28. The molecule has 2 aliphatic rings. The van der Waals surface area contributed by atoms with E-state index in [1.807, 2.05) is 27.0 Å². The molecule has 0 saturated carbocycles. The number of fused-ring (bicyclic) bond motifs is 1. The molecule has 0 aliphatic carbocycles. The van der Waals surface area contributed by atoms with E-state index in [4.69, 9.17) is 4.99 Å². The van der Waals surface area contributed by atoms with Crippen molar-refractivity contribution in [2.45, 2.75) is 124 Å². The van der Waals surface area contributed by atoms with Gasteiger partial charge in [-0.1, -0.05) is 63.5 Å². The summed E-state index contributed by atoms with van der Waals surface area (Å²) in [5.41, 5.74) is 8.05. The number of benzene rings is 1. The van der Waals surface area contributed by atoms with E-state index < -0.39 is 0 Å². The molecule has 2 aromatic heterocycles. The van der Waals surface area contributed by atoms with Gasteiger partial charge in [0.05, 0.1) is 0 Å². The van der Waals surface area contributed by atoms with Gasteiger partial charge in [0.25, 0.3) is 5.56 Å². The number of carbonyl (C=O) groups excluding carboxylic acids is 1. The largest absolute Gasteiger partial charge is 0.343 e. The number of thiophene rings is 1. The fraction of sp³-hybridized carbons (Fsp3) is 0.525. The zero-order valence-corrected chi connectivity index (χ0v) is 29.6. The number of unbranched alkanes of at least 4 members (excludes halogenated alkanes) is 1. The predicted octanol–water partition coefficient (Wildman–Crippen LogP) is 9.59. The first-order valence-electron chi connectivity index (χ1n) is 17.8. The average Bonchev–Trinajstić information content (AvgIpc) is 3.44. The summed E-state index contributed by atoms with van der Waals surface area (Å²) in [4.78, 5) is 35.2. The third-order valence-corrected chi connectivity index (χ3v) is 11.3. The van der Waals surface area contributed by atoms with Gasteiger partial charge in [0, 0.05) is 70.6 Å². The second kappa shape index (κ2) is 16.0. The van der Waals surface area contributed by atoms with Gasteiger partial charge in [-0.25, -0.2) is 0 Å². The molecule has 1 unspecified atom stereocenters. The van der Waals surface area contributed by atoms with Gasteiger partial charge in [-0.3, -0.25) is 14.6 Å². The third kappa shape index (κ3) is 7.99. The lowest BCUT2D eigenvalue weighted by Gasteiger charge is -2.30. The second-order valence-electron chi connectivity index (χ2n) is 13.3. The Morgan fingerprint density at radius 2 is 1.76 bits per heavy atom. The topological polar surface area (TPSA) is 54.7 Å². The van der Waals surface area contributed by atoms with Crippen molar-refractivity contribution in [2.24, 2.45) is 4.99 Å². The molecule has 6 heteroatoms. The minimum Gasteiger partial charge on any atom is -0.343 e. The third-order valence-electron chi connectivity index (χ3n) is 10.1. The molecule has 46 heavy (non-hydrogen) atoms. The van der Waals surface area contributed by atoms with Gasteiger partial charge in [-0.05, 0) is 100 Å². The van der Waals surface area contributed by atoms with E-state index in [2.05, 4.69) is 70.2 Å². The Hall–Kier alpha value is -3.25. The summed E-state index contributed by atoms with van der Waals surface area (Å²) < 4.78 is 1.96. The molecule has 4 heterocycles. The Morgan fingerprint density at radius 3 is 2.43 bits per heavy atom. The van der Waals surface area contributed by atoms with Crippen LogP contribution in [0.25, 0.3) is 11.1 Å². The number of aryl methyl sites for hydroxylation is 2. The summed E-state index contributed by atoms with van der Waals surface area (Å²) in [7, 11) is 0. The van der Waals surface area contributed by atoms with E-state index in [1.54, 1.807) is 6.92 Å². The van der Waals surface area contributed by atoms with Crippen LogP contribution in [0.4, 0.5) is 0 Å². The van der Waals surface area contributed by atoms with E-state index in [-0.39, 0.29) is 11.5 Å². The maximum atomic E-state index is 13.9. The Bertz CT molecular complexity index is 1600. The van der Waals surface area contributed by atoms with Crippen LogP contribution in [0.2, 0.25) is 0 Å².